The number of fused-ring (bicyclic) bond motifs is 5. The maximum atomic E-state index is 10.2. The van der Waals surface area contributed by atoms with Crippen LogP contribution in [0.4, 0.5) is 0 Å². The van der Waals surface area contributed by atoms with Crippen LogP contribution >= 0.6 is 0 Å². The Morgan fingerprint density at radius 2 is 1.78 bits per heavy atom. The lowest BCUT2D eigenvalue weighted by Crippen LogP contribution is -2.42. The first-order valence-electron chi connectivity index (χ1n) is 11.7. The molecule has 32 heavy (non-hydrogen) atoms. The topological polar surface area (TPSA) is 60.3 Å². The van der Waals surface area contributed by atoms with Crippen LogP contribution in [0.25, 0.3) is 0 Å². The summed E-state index contributed by atoms with van der Waals surface area (Å²) in [5.74, 6) is 4.40. The van der Waals surface area contributed by atoms with Crippen molar-refractivity contribution in [3.63, 3.8) is 0 Å². The van der Waals surface area contributed by atoms with E-state index in [1.807, 2.05) is 30.3 Å². The molecule has 0 radical (unpaired) electrons. The number of phenolic OH excluding ortho intramolecular Hbond substituents is 1. The van der Waals surface area contributed by atoms with Crippen LogP contribution in [0.3, 0.4) is 0 Å². The molecule has 1 N–H and O–H groups in total. The van der Waals surface area contributed by atoms with E-state index in [1.165, 1.54) is 29.7 Å². The van der Waals surface area contributed by atoms with Crippen molar-refractivity contribution in [2.75, 3.05) is 21.0 Å². The smallest absolute Gasteiger partial charge is 0.179 e. The van der Waals surface area contributed by atoms with E-state index < -0.39 is 0 Å². The molecule has 2 fully saturated rings. The van der Waals surface area contributed by atoms with Crippen molar-refractivity contribution < 1.29 is 19.3 Å². The summed E-state index contributed by atoms with van der Waals surface area (Å²) in [4.78, 5) is 4.95. The number of methoxy groups -OCH3 is 2. The summed E-state index contributed by atoms with van der Waals surface area (Å²) in [7, 11) is 3.30. The van der Waals surface area contributed by atoms with E-state index in [0.717, 1.165) is 37.2 Å². The number of ether oxygens (including phenoxy) is 3. The molecule has 0 bridgehead atoms. The number of aromatic hydroxyl groups is 1. The van der Waals surface area contributed by atoms with E-state index >= 15 is 0 Å². The van der Waals surface area contributed by atoms with Crippen LogP contribution in [0.5, 0.6) is 23.0 Å². The van der Waals surface area contributed by atoms with Crippen LogP contribution in [-0.4, -0.2) is 31.8 Å². The van der Waals surface area contributed by atoms with Gasteiger partial charge in [-0.15, -0.1) is 0 Å². The van der Waals surface area contributed by atoms with Crippen LogP contribution < -0.4 is 14.2 Å². The highest BCUT2D eigenvalue weighted by molar-refractivity contribution is 5.92. The second-order valence-corrected chi connectivity index (χ2v) is 9.69. The van der Waals surface area contributed by atoms with Crippen molar-refractivity contribution in [1.29, 1.82) is 0 Å². The van der Waals surface area contributed by atoms with E-state index in [1.54, 1.807) is 14.2 Å². The summed E-state index contributed by atoms with van der Waals surface area (Å²) in [5.41, 5.74) is 4.20. The van der Waals surface area contributed by atoms with Gasteiger partial charge in [-0.25, -0.2) is 0 Å². The molecule has 3 aliphatic rings. The Hall–Kier alpha value is -2.69. The molecule has 0 heterocycles. The zero-order chi connectivity index (χ0) is 22.3. The minimum atomic E-state index is 0.170. The molecule has 2 aromatic rings. The Morgan fingerprint density at radius 1 is 1.00 bits per heavy atom. The number of benzene rings is 2. The van der Waals surface area contributed by atoms with Gasteiger partial charge in [0.2, 0.25) is 0 Å². The van der Waals surface area contributed by atoms with Gasteiger partial charge in [0, 0.05) is 11.1 Å². The lowest BCUT2D eigenvalue weighted by atomic mass is 9.55. The van der Waals surface area contributed by atoms with Crippen LogP contribution in [0.15, 0.2) is 41.4 Å². The minimum Gasteiger partial charge on any atom is -0.504 e. The van der Waals surface area contributed by atoms with Crippen molar-refractivity contribution >= 4 is 5.71 Å². The van der Waals surface area contributed by atoms with E-state index in [0.29, 0.717) is 30.2 Å². The van der Waals surface area contributed by atoms with E-state index in [2.05, 4.69) is 13.0 Å². The number of aliphatic imine (C=N–C) groups is 1. The molecular weight excluding hydrogens is 402 g/mol. The lowest BCUT2D eigenvalue weighted by molar-refractivity contribution is 0.0950. The zero-order valence-electron chi connectivity index (χ0n) is 19.3. The van der Waals surface area contributed by atoms with E-state index in [9.17, 15) is 5.11 Å². The van der Waals surface area contributed by atoms with E-state index in [-0.39, 0.29) is 11.2 Å². The van der Waals surface area contributed by atoms with Crippen LogP contribution in [0.2, 0.25) is 0 Å². The number of hydrogen-bond donors (Lipinski definition) is 1. The van der Waals surface area contributed by atoms with Crippen molar-refractivity contribution in [3.8, 4) is 23.0 Å². The van der Waals surface area contributed by atoms with Gasteiger partial charge in [-0.05, 0) is 104 Å². The number of hydrogen-bond acceptors (Lipinski definition) is 5. The molecule has 0 spiro atoms. The van der Waals surface area contributed by atoms with Gasteiger partial charge in [0.1, 0.15) is 11.5 Å². The molecule has 3 aliphatic carbocycles. The quantitative estimate of drug-likeness (QED) is 0.650. The molecule has 0 aliphatic heterocycles. The molecule has 0 aromatic heterocycles. The van der Waals surface area contributed by atoms with Crippen LogP contribution in [-0.2, 0) is 6.42 Å². The highest BCUT2D eigenvalue weighted by atomic mass is 16.5. The summed E-state index contributed by atoms with van der Waals surface area (Å²) < 4.78 is 16.5. The predicted molar refractivity (Wildman–Crippen MR) is 125 cm³/mol. The van der Waals surface area contributed by atoms with Crippen molar-refractivity contribution in [2.24, 2.45) is 22.2 Å². The second kappa shape index (κ2) is 8.34. The van der Waals surface area contributed by atoms with Gasteiger partial charge >= 0.3 is 0 Å². The molecule has 4 atom stereocenters. The van der Waals surface area contributed by atoms with Crippen LogP contribution in [0.1, 0.15) is 56.1 Å². The molecule has 2 saturated carbocycles. The average Bonchev–Trinajstić information content (AvgIpc) is 3.15. The SMILES string of the molecule is COc1ccc(OCN=C2CC[C@H]3[C@@H]4CCc5cc(O)c(OC)cc5[C@H]4CC[C@]23C)cc1. The first kappa shape index (κ1) is 21.2. The summed E-state index contributed by atoms with van der Waals surface area (Å²) in [5, 5.41) is 10.2. The zero-order valence-corrected chi connectivity index (χ0v) is 19.3. The maximum Gasteiger partial charge on any atom is 0.179 e. The van der Waals surface area contributed by atoms with Crippen molar-refractivity contribution in [3.05, 3.63) is 47.5 Å². The molecule has 5 rings (SSSR count). The summed E-state index contributed by atoms with van der Waals surface area (Å²) in [6.07, 6.45) is 6.83. The fourth-order valence-corrected chi connectivity index (χ4v) is 6.66. The molecule has 5 nitrogen and oxygen atoms in total. The molecule has 170 valence electrons. The van der Waals surface area contributed by atoms with Gasteiger partial charge in [-0.2, -0.15) is 0 Å². The van der Waals surface area contributed by atoms with Gasteiger partial charge in [-0.3, -0.25) is 4.99 Å². The summed E-state index contributed by atoms with van der Waals surface area (Å²) in [6, 6.07) is 11.7. The molecule has 5 heteroatoms. The van der Waals surface area contributed by atoms with Gasteiger partial charge in [0.05, 0.1) is 14.2 Å². The molecule has 0 amide bonds. The summed E-state index contributed by atoms with van der Waals surface area (Å²) >= 11 is 0. The third kappa shape index (κ3) is 3.52. The molecule has 0 saturated heterocycles. The standard InChI is InChI=1S/C27H33NO4/c1-27-13-12-20-21(9-4-17-14-24(29)25(31-3)15-22(17)20)23(27)10-11-26(27)28-16-32-19-7-5-18(30-2)6-8-19/h5-8,14-15,20-21,23,29H,4,9-13,16H2,1-3H3/t20-,21+,23-,27-/m0/s1. The Balaban J connectivity index is 1.32. The van der Waals surface area contributed by atoms with E-state index in [4.69, 9.17) is 19.2 Å². The average molecular weight is 436 g/mol. The lowest BCUT2D eigenvalue weighted by Gasteiger charge is -2.49. The third-order valence-electron chi connectivity index (χ3n) is 8.31. The molecular formula is C27H33NO4. The largest absolute Gasteiger partial charge is 0.504 e. The van der Waals surface area contributed by atoms with Gasteiger partial charge in [-0.1, -0.05) is 6.92 Å². The Bertz CT molecular complexity index is 1020. The maximum absolute atomic E-state index is 10.2. The predicted octanol–water partition coefficient (Wildman–Crippen LogP) is 5.74. The summed E-state index contributed by atoms with van der Waals surface area (Å²) in [6.45, 7) is 2.80. The fraction of sp³-hybridized carbons (Fsp3) is 0.519. The van der Waals surface area contributed by atoms with Gasteiger partial charge in [0.15, 0.2) is 18.2 Å². The van der Waals surface area contributed by atoms with Gasteiger partial charge in [0.25, 0.3) is 0 Å². The highest BCUT2D eigenvalue weighted by Gasteiger charge is 2.53. The number of nitrogens with zero attached hydrogens (tertiary/aromatic N) is 1. The number of aryl methyl sites for hydroxylation is 1. The normalized spacial score (nSPS) is 29.7. The Labute approximate surface area is 190 Å². The molecule has 0 unspecified atom stereocenters. The van der Waals surface area contributed by atoms with Crippen molar-refractivity contribution in [2.45, 2.75) is 51.4 Å². The number of rotatable bonds is 5. The second-order valence-electron chi connectivity index (χ2n) is 9.69. The number of phenols is 1. The Morgan fingerprint density at radius 3 is 2.53 bits per heavy atom. The third-order valence-corrected chi connectivity index (χ3v) is 8.31. The highest BCUT2D eigenvalue weighted by Crippen LogP contribution is 2.60. The van der Waals surface area contributed by atoms with Crippen molar-refractivity contribution in [1.82, 2.24) is 0 Å². The first-order chi connectivity index (χ1) is 15.5. The van der Waals surface area contributed by atoms with Crippen LogP contribution in [0, 0.1) is 17.3 Å². The fourth-order valence-electron chi connectivity index (χ4n) is 6.66. The Kier molecular flexibility index (Phi) is 5.52. The molecule has 2 aromatic carbocycles. The van der Waals surface area contributed by atoms with Gasteiger partial charge < -0.3 is 19.3 Å². The first-order valence-corrected chi connectivity index (χ1v) is 11.7. The monoisotopic (exact) mass is 435 g/mol. The minimum absolute atomic E-state index is 0.170.